The molecule has 1 unspecified atom stereocenters. The van der Waals surface area contributed by atoms with Gasteiger partial charge in [-0.15, -0.1) is 0 Å². The second-order valence-electron chi connectivity index (χ2n) is 5.57. The fourth-order valence-corrected chi connectivity index (χ4v) is 2.52. The molecule has 18 heavy (non-hydrogen) atoms. The molecule has 0 heterocycles. The van der Waals surface area contributed by atoms with Gasteiger partial charge in [-0.3, -0.25) is 9.59 Å². The molecule has 2 N–H and O–H groups in total. The molecule has 0 spiro atoms. The fraction of sp³-hybridized carbons (Fsp3) is 0.857. The molecular formula is C14H25NO3. The van der Waals surface area contributed by atoms with Gasteiger partial charge in [-0.05, 0) is 37.5 Å². The zero-order valence-electron chi connectivity index (χ0n) is 11.4. The first-order valence-electron chi connectivity index (χ1n) is 7.02. The van der Waals surface area contributed by atoms with Crippen molar-refractivity contribution in [3.8, 4) is 0 Å². The Morgan fingerprint density at radius 2 is 1.89 bits per heavy atom. The number of hydrogen-bond donors (Lipinski definition) is 2. The Morgan fingerprint density at radius 1 is 1.28 bits per heavy atom. The molecule has 4 nitrogen and oxygen atoms in total. The summed E-state index contributed by atoms with van der Waals surface area (Å²) in [7, 11) is 0. The number of aliphatic carboxylic acids is 1. The summed E-state index contributed by atoms with van der Waals surface area (Å²) in [4.78, 5) is 22.6. The monoisotopic (exact) mass is 255 g/mol. The van der Waals surface area contributed by atoms with Gasteiger partial charge in [-0.25, -0.2) is 0 Å². The molecule has 0 aromatic carbocycles. The van der Waals surface area contributed by atoms with E-state index in [1.165, 1.54) is 0 Å². The van der Waals surface area contributed by atoms with E-state index in [0.29, 0.717) is 6.54 Å². The van der Waals surface area contributed by atoms with Crippen molar-refractivity contribution in [3.63, 3.8) is 0 Å². The first-order valence-corrected chi connectivity index (χ1v) is 7.02. The van der Waals surface area contributed by atoms with Crippen LogP contribution in [-0.2, 0) is 9.59 Å². The topological polar surface area (TPSA) is 66.4 Å². The molecule has 1 saturated carbocycles. The number of carboxylic acids is 1. The Kier molecular flexibility index (Phi) is 6.16. The number of rotatable bonds is 6. The maximum atomic E-state index is 12.0. The molecule has 0 aromatic rings. The van der Waals surface area contributed by atoms with Gasteiger partial charge in [0.2, 0.25) is 5.91 Å². The van der Waals surface area contributed by atoms with E-state index in [2.05, 4.69) is 12.2 Å². The van der Waals surface area contributed by atoms with Gasteiger partial charge in [0.15, 0.2) is 0 Å². The Balaban J connectivity index is 2.29. The predicted octanol–water partition coefficient (Wildman–Crippen LogP) is 2.43. The lowest BCUT2D eigenvalue weighted by atomic mass is 9.82. The van der Waals surface area contributed by atoms with E-state index in [-0.39, 0.29) is 24.2 Å². The van der Waals surface area contributed by atoms with Crippen molar-refractivity contribution in [2.75, 3.05) is 6.54 Å². The molecule has 0 radical (unpaired) electrons. The summed E-state index contributed by atoms with van der Waals surface area (Å²) in [6, 6.07) is 0. The zero-order chi connectivity index (χ0) is 13.5. The predicted molar refractivity (Wildman–Crippen MR) is 70.2 cm³/mol. The van der Waals surface area contributed by atoms with Gasteiger partial charge in [-0.1, -0.05) is 20.3 Å². The average Bonchev–Trinajstić information content (AvgIpc) is 2.34. The molecule has 4 heteroatoms. The van der Waals surface area contributed by atoms with Crippen molar-refractivity contribution >= 4 is 11.9 Å². The highest BCUT2D eigenvalue weighted by Gasteiger charge is 2.24. The Bertz CT molecular complexity index is 283. The van der Waals surface area contributed by atoms with E-state index < -0.39 is 5.97 Å². The minimum Gasteiger partial charge on any atom is -0.481 e. The molecule has 104 valence electrons. The third-order valence-corrected chi connectivity index (χ3v) is 3.99. The highest BCUT2D eigenvalue weighted by Crippen LogP contribution is 2.28. The van der Waals surface area contributed by atoms with Crippen LogP contribution in [0.5, 0.6) is 0 Å². The summed E-state index contributed by atoms with van der Waals surface area (Å²) in [6.07, 6.45) is 5.13. The van der Waals surface area contributed by atoms with Crippen LogP contribution in [-0.4, -0.2) is 23.5 Å². The van der Waals surface area contributed by atoms with Crippen LogP contribution in [0.1, 0.15) is 52.4 Å². The summed E-state index contributed by atoms with van der Waals surface area (Å²) in [5, 5.41) is 11.7. The van der Waals surface area contributed by atoms with Gasteiger partial charge in [0.1, 0.15) is 0 Å². The summed E-state index contributed by atoms with van der Waals surface area (Å²) in [5.74, 6) is 0.260. The van der Waals surface area contributed by atoms with Gasteiger partial charge in [0.25, 0.3) is 0 Å². The van der Waals surface area contributed by atoms with Crippen LogP contribution in [0.2, 0.25) is 0 Å². The van der Waals surface area contributed by atoms with Crippen LogP contribution in [0.3, 0.4) is 0 Å². The summed E-state index contributed by atoms with van der Waals surface area (Å²) < 4.78 is 0. The van der Waals surface area contributed by atoms with Gasteiger partial charge in [0, 0.05) is 18.9 Å². The Hall–Kier alpha value is -1.06. The summed E-state index contributed by atoms with van der Waals surface area (Å²) in [6.45, 7) is 4.68. The average molecular weight is 255 g/mol. The molecule has 1 amide bonds. The van der Waals surface area contributed by atoms with E-state index in [1.807, 2.05) is 6.92 Å². The standard InChI is InChI=1S/C14H25NO3/c1-3-11(8-13(16)17)9-15-14(18)12-6-4-10(2)5-7-12/h10-12H,3-9H2,1-2H3,(H,15,18)(H,16,17). The van der Waals surface area contributed by atoms with Gasteiger partial charge in [-0.2, -0.15) is 0 Å². The highest BCUT2D eigenvalue weighted by atomic mass is 16.4. The number of carbonyl (C=O) groups excluding carboxylic acids is 1. The minimum absolute atomic E-state index is 0.0500. The molecule has 1 atom stereocenters. The number of nitrogens with one attached hydrogen (secondary N) is 1. The quantitative estimate of drug-likeness (QED) is 0.766. The summed E-state index contributed by atoms with van der Waals surface area (Å²) >= 11 is 0. The van der Waals surface area contributed by atoms with Crippen LogP contribution in [0.15, 0.2) is 0 Å². The molecule has 1 rings (SSSR count). The highest BCUT2D eigenvalue weighted by molar-refractivity contribution is 5.78. The lowest BCUT2D eigenvalue weighted by Gasteiger charge is -2.26. The number of hydrogen-bond acceptors (Lipinski definition) is 2. The maximum Gasteiger partial charge on any atom is 0.303 e. The Labute approximate surface area is 109 Å². The third kappa shape index (κ3) is 5.07. The molecule has 0 saturated heterocycles. The maximum absolute atomic E-state index is 12.0. The van der Waals surface area contributed by atoms with Crippen LogP contribution in [0, 0.1) is 17.8 Å². The number of carboxylic acid groups (broad SMARTS) is 1. The summed E-state index contributed by atoms with van der Waals surface area (Å²) in [5.41, 5.74) is 0. The van der Waals surface area contributed by atoms with Crippen LogP contribution < -0.4 is 5.32 Å². The van der Waals surface area contributed by atoms with Crippen molar-refractivity contribution < 1.29 is 14.7 Å². The van der Waals surface area contributed by atoms with Gasteiger partial charge in [0.05, 0.1) is 0 Å². The number of amides is 1. The second-order valence-corrected chi connectivity index (χ2v) is 5.57. The van der Waals surface area contributed by atoms with Gasteiger partial charge >= 0.3 is 5.97 Å². The molecule has 1 aliphatic rings. The zero-order valence-corrected chi connectivity index (χ0v) is 11.4. The third-order valence-electron chi connectivity index (χ3n) is 3.99. The van der Waals surface area contributed by atoms with E-state index in [1.54, 1.807) is 0 Å². The molecular weight excluding hydrogens is 230 g/mol. The van der Waals surface area contributed by atoms with Crippen LogP contribution in [0.4, 0.5) is 0 Å². The molecule has 1 aliphatic carbocycles. The van der Waals surface area contributed by atoms with Crippen LogP contribution in [0.25, 0.3) is 0 Å². The Morgan fingerprint density at radius 3 is 2.39 bits per heavy atom. The van der Waals surface area contributed by atoms with Crippen molar-refractivity contribution in [2.45, 2.75) is 52.4 Å². The molecule has 0 aliphatic heterocycles. The number of carbonyl (C=O) groups is 2. The van der Waals surface area contributed by atoms with Gasteiger partial charge < -0.3 is 10.4 Å². The van der Waals surface area contributed by atoms with Crippen molar-refractivity contribution in [1.82, 2.24) is 5.32 Å². The van der Waals surface area contributed by atoms with E-state index in [9.17, 15) is 9.59 Å². The first kappa shape index (κ1) is 15.0. The molecule has 0 aromatic heterocycles. The lowest BCUT2D eigenvalue weighted by molar-refractivity contribution is -0.138. The second kappa shape index (κ2) is 7.39. The minimum atomic E-state index is -0.789. The first-order chi connectivity index (χ1) is 8.52. The molecule has 0 bridgehead atoms. The fourth-order valence-electron chi connectivity index (χ4n) is 2.52. The van der Waals surface area contributed by atoms with E-state index >= 15 is 0 Å². The lowest BCUT2D eigenvalue weighted by Crippen LogP contribution is -2.36. The smallest absolute Gasteiger partial charge is 0.303 e. The molecule has 1 fully saturated rings. The van der Waals surface area contributed by atoms with E-state index in [0.717, 1.165) is 38.0 Å². The van der Waals surface area contributed by atoms with Crippen molar-refractivity contribution in [2.24, 2.45) is 17.8 Å². The normalized spacial score (nSPS) is 25.4. The largest absolute Gasteiger partial charge is 0.481 e. The van der Waals surface area contributed by atoms with Crippen molar-refractivity contribution in [1.29, 1.82) is 0 Å². The SMILES string of the molecule is CCC(CNC(=O)C1CCC(C)CC1)CC(=O)O. The van der Waals surface area contributed by atoms with E-state index in [4.69, 9.17) is 5.11 Å². The van der Waals surface area contributed by atoms with Crippen molar-refractivity contribution in [3.05, 3.63) is 0 Å². The van der Waals surface area contributed by atoms with Crippen LogP contribution >= 0.6 is 0 Å².